The lowest BCUT2D eigenvalue weighted by molar-refractivity contribution is 0.0904. The van der Waals surface area contributed by atoms with Gasteiger partial charge in [-0.25, -0.2) is 16.8 Å². The van der Waals surface area contributed by atoms with E-state index in [-0.39, 0.29) is 41.2 Å². The monoisotopic (exact) mass is 564 g/mol. The third kappa shape index (κ3) is 5.62. The van der Waals surface area contributed by atoms with E-state index in [0.717, 1.165) is 30.4 Å². The van der Waals surface area contributed by atoms with Crippen LogP contribution in [0.3, 0.4) is 0 Å². The highest BCUT2D eigenvalue weighted by Crippen LogP contribution is 2.37. The lowest BCUT2D eigenvalue weighted by Crippen LogP contribution is -2.50. The van der Waals surface area contributed by atoms with Crippen molar-refractivity contribution in [2.45, 2.75) is 55.0 Å². The van der Waals surface area contributed by atoms with E-state index >= 15 is 0 Å². The molecule has 0 spiro atoms. The van der Waals surface area contributed by atoms with Crippen molar-refractivity contribution in [1.82, 2.24) is 8.61 Å². The Morgan fingerprint density at radius 3 is 2.66 bits per heavy atom. The Morgan fingerprint density at radius 2 is 2.00 bits per heavy atom. The van der Waals surface area contributed by atoms with Crippen LogP contribution in [0.2, 0.25) is 0 Å². The molecule has 208 valence electrons. The van der Waals surface area contributed by atoms with Crippen LogP contribution in [0.5, 0.6) is 11.5 Å². The van der Waals surface area contributed by atoms with Crippen LogP contribution in [-0.2, 0) is 20.0 Å². The van der Waals surface area contributed by atoms with Crippen molar-refractivity contribution in [3.8, 4) is 11.5 Å². The highest BCUT2D eigenvalue weighted by Gasteiger charge is 2.39. The molecule has 11 heteroatoms. The van der Waals surface area contributed by atoms with Gasteiger partial charge in [-0.15, -0.1) is 0 Å². The summed E-state index contributed by atoms with van der Waals surface area (Å²) in [6.07, 6.45) is 4.41. The summed E-state index contributed by atoms with van der Waals surface area (Å²) >= 11 is 0. The van der Waals surface area contributed by atoms with Gasteiger partial charge in [-0.2, -0.15) is 8.61 Å². The fourth-order valence-electron chi connectivity index (χ4n) is 4.87. The Morgan fingerprint density at radius 1 is 1.24 bits per heavy atom. The number of sulfonamides is 2. The number of ether oxygens (including phenoxy) is 2. The molecule has 1 heterocycles. The first-order valence-electron chi connectivity index (χ1n) is 12.7. The van der Waals surface area contributed by atoms with Crippen LogP contribution in [0.25, 0.3) is 5.57 Å². The fraction of sp³-hybridized carbons (Fsp3) is 0.481. The van der Waals surface area contributed by atoms with Gasteiger partial charge in [-0.1, -0.05) is 25.1 Å². The molecule has 1 aliphatic heterocycles. The minimum atomic E-state index is -3.98. The van der Waals surface area contributed by atoms with Gasteiger partial charge in [0.25, 0.3) is 0 Å². The molecular weight excluding hydrogens is 528 g/mol. The van der Waals surface area contributed by atoms with Gasteiger partial charge < -0.3 is 14.6 Å². The third-order valence-corrected chi connectivity index (χ3v) is 11.1. The first kappa shape index (κ1) is 28.6. The molecule has 2 aromatic carbocycles. The molecule has 9 nitrogen and oxygen atoms in total. The Hall–Kier alpha value is -2.44. The molecule has 0 bridgehead atoms. The van der Waals surface area contributed by atoms with E-state index in [9.17, 15) is 21.9 Å². The Labute approximate surface area is 225 Å². The number of methoxy groups -OCH3 is 1. The minimum absolute atomic E-state index is 0.00549. The van der Waals surface area contributed by atoms with Gasteiger partial charge >= 0.3 is 0 Å². The van der Waals surface area contributed by atoms with Gasteiger partial charge in [0.05, 0.1) is 25.2 Å². The van der Waals surface area contributed by atoms with Crippen LogP contribution in [0.1, 0.15) is 38.7 Å². The Kier molecular flexibility index (Phi) is 8.53. The summed E-state index contributed by atoms with van der Waals surface area (Å²) in [6, 6.07) is 10.7. The molecule has 0 unspecified atom stereocenters. The van der Waals surface area contributed by atoms with E-state index in [1.807, 2.05) is 6.92 Å². The molecule has 0 amide bonds. The van der Waals surface area contributed by atoms with E-state index in [0.29, 0.717) is 5.75 Å². The maximum absolute atomic E-state index is 13.7. The second-order valence-electron chi connectivity index (χ2n) is 9.99. The van der Waals surface area contributed by atoms with Gasteiger partial charge in [0.15, 0.2) is 0 Å². The zero-order chi connectivity index (χ0) is 27.7. The predicted molar refractivity (Wildman–Crippen MR) is 145 cm³/mol. The van der Waals surface area contributed by atoms with Crippen molar-refractivity contribution < 1.29 is 31.4 Å². The van der Waals surface area contributed by atoms with Crippen LogP contribution in [-0.4, -0.2) is 76.6 Å². The molecule has 2 aromatic rings. The van der Waals surface area contributed by atoms with Crippen molar-refractivity contribution in [2.75, 3.05) is 33.9 Å². The average Bonchev–Trinajstić information content (AvgIpc) is 3.45. The summed E-state index contributed by atoms with van der Waals surface area (Å²) in [6.45, 7) is 3.20. The number of hydrogen-bond acceptors (Lipinski definition) is 7. The molecule has 0 saturated carbocycles. The number of benzene rings is 2. The summed E-state index contributed by atoms with van der Waals surface area (Å²) in [7, 11) is -4.90. The first-order valence-corrected chi connectivity index (χ1v) is 15.6. The van der Waals surface area contributed by atoms with Crippen LogP contribution >= 0.6 is 0 Å². The van der Waals surface area contributed by atoms with Gasteiger partial charge in [0.2, 0.25) is 20.0 Å². The second-order valence-corrected chi connectivity index (χ2v) is 13.9. The summed E-state index contributed by atoms with van der Waals surface area (Å²) in [5.74, 6) is 0.231. The summed E-state index contributed by atoms with van der Waals surface area (Å²) in [5, 5.41) is 9.85. The molecule has 0 saturated heterocycles. The number of aliphatic hydroxyl groups excluding tert-OH is 1. The molecule has 4 rings (SSSR count). The quantitative estimate of drug-likeness (QED) is 0.523. The minimum Gasteiger partial charge on any atom is -0.497 e. The Bertz CT molecular complexity index is 1410. The second kappa shape index (κ2) is 11.4. The van der Waals surface area contributed by atoms with Crippen LogP contribution in [0.4, 0.5) is 0 Å². The van der Waals surface area contributed by atoms with Gasteiger partial charge in [0, 0.05) is 31.6 Å². The first-order chi connectivity index (χ1) is 18.0. The van der Waals surface area contributed by atoms with Crippen molar-refractivity contribution in [3.05, 3.63) is 54.1 Å². The zero-order valence-electron chi connectivity index (χ0n) is 22.2. The molecule has 0 radical (unpaired) electrons. The highest BCUT2D eigenvalue weighted by molar-refractivity contribution is 7.89. The van der Waals surface area contributed by atoms with E-state index in [4.69, 9.17) is 9.47 Å². The normalized spacial score (nSPS) is 22.6. The predicted octanol–water partition coefficient (Wildman–Crippen LogP) is 3.35. The number of likely N-dealkylation sites (N-methyl/N-ethyl adjacent to an activating group) is 1. The lowest BCUT2D eigenvalue weighted by Gasteiger charge is -2.37. The van der Waals surface area contributed by atoms with Crippen molar-refractivity contribution in [1.29, 1.82) is 0 Å². The van der Waals surface area contributed by atoms with E-state index in [2.05, 4.69) is 6.08 Å². The number of fused-ring (bicyclic) bond motifs is 1. The van der Waals surface area contributed by atoms with E-state index < -0.39 is 32.2 Å². The average molecular weight is 565 g/mol. The molecular formula is C27H36N2O7S2. The van der Waals surface area contributed by atoms with Crippen molar-refractivity contribution in [2.24, 2.45) is 5.92 Å². The molecule has 38 heavy (non-hydrogen) atoms. The molecule has 1 N–H and O–H groups in total. The lowest BCUT2D eigenvalue weighted by atomic mass is 10.0. The van der Waals surface area contributed by atoms with Crippen molar-refractivity contribution in [3.63, 3.8) is 0 Å². The molecule has 3 atom stereocenters. The maximum atomic E-state index is 13.7. The van der Waals surface area contributed by atoms with E-state index in [1.165, 1.54) is 34.9 Å². The zero-order valence-corrected chi connectivity index (χ0v) is 23.8. The van der Waals surface area contributed by atoms with Crippen molar-refractivity contribution >= 4 is 25.6 Å². The molecule has 2 aliphatic rings. The smallest absolute Gasteiger partial charge is 0.247 e. The Balaban J connectivity index is 1.73. The van der Waals surface area contributed by atoms with Gasteiger partial charge in [-0.05, 0) is 61.6 Å². The van der Waals surface area contributed by atoms with Gasteiger partial charge in [-0.3, -0.25) is 0 Å². The highest BCUT2D eigenvalue weighted by atomic mass is 32.2. The fourth-order valence-corrected chi connectivity index (χ4v) is 7.91. The number of rotatable bonds is 8. The number of allylic oxidation sites excluding steroid dienone is 2. The molecule has 1 aliphatic carbocycles. The van der Waals surface area contributed by atoms with Crippen LogP contribution in [0.15, 0.2) is 58.3 Å². The van der Waals surface area contributed by atoms with Crippen LogP contribution < -0.4 is 9.47 Å². The standard InChI is InChI=1S/C27H36N2O7S2/c1-19-16-29(20(2)18-30)38(33,34)27-13-12-22(21-8-5-6-9-21)14-25(27)36-26(19)17-28(3)37(31,32)24-11-7-10-23(15-24)35-4/h7-8,10-15,19-20,26,30H,5-6,9,16-18H2,1-4H3/t19-,20+,26+/m0/s1. The maximum Gasteiger partial charge on any atom is 0.247 e. The third-order valence-electron chi connectivity index (χ3n) is 7.27. The number of nitrogens with zero attached hydrogens (tertiary/aromatic N) is 2. The molecule has 0 fully saturated rings. The summed E-state index contributed by atoms with van der Waals surface area (Å²) in [4.78, 5) is 0.0992. The summed E-state index contributed by atoms with van der Waals surface area (Å²) in [5.41, 5.74) is 2.03. The van der Waals surface area contributed by atoms with Gasteiger partial charge in [0.1, 0.15) is 22.5 Å². The largest absolute Gasteiger partial charge is 0.497 e. The number of hydrogen-bond donors (Lipinski definition) is 1. The topological polar surface area (TPSA) is 113 Å². The SMILES string of the molecule is COc1cccc(S(=O)(=O)N(C)C[C@H]2Oc3cc(C4=CCCC4)ccc3S(=O)(=O)N([C@H](C)CO)C[C@@H]2C)c1. The van der Waals surface area contributed by atoms with E-state index in [1.54, 1.807) is 37.3 Å². The number of aliphatic hydroxyl groups is 1. The van der Waals surface area contributed by atoms with Crippen LogP contribution in [0, 0.1) is 5.92 Å². The summed E-state index contributed by atoms with van der Waals surface area (Å²) < 4.78 is 68.2. The molecule has 0 aromatic heterocycles.